The number of benzene rings is 3. The predicted molar refractivity (Wildman–Crippen MR) is 193 cm³/mol. The van der Waals surface area contributed by atoms with Crippen LogP contribution in [0.5, 0.6) is 0 Å². The SMILES string of the molecule is [2H]C([2H])([2H])c1ccc2c(n1)oc1c(-c3cc(C(C)(C)C([2H])([2H])c4ccc(C(C)(C)C)cc4)c(C([2H])([2H])[2H])cn3)[c-]ccc12.[Ir].[c-]1ccccc1-c1ccccn1. The summed E-state index contributed by atoms with van der Waals surface area (Å²) in [6, 6.07) is 35.5. The van der Waals surface area contributed by atoms with Gasteiger partial charge in [0, 0.05) is 54.5 Å². The van der Waals surface area contributed by atoms with Gasteiger partial charge in [-0.15, -0.1) is 54.1 Å². The molecule has 0 unspecified atom stereocenters. The fourth-order valence-corrected chi connectivity index (χ4v) is 5.48. The second-order valence-electron chi connectivity index (χ2n) is 12.9. The van der Waals surface area contributed by atoms with Crippen LogP contribution in [-0.2, 0) is 37.3 Å². The Bertz CT molecular complexity index is 2400. The first-order valence-electron chi connectivity index (χ1n) is 19.4. The normalized spacial score (nSPS) is 14.9. The maximum atomic E-state index is 9.27. The van der Waals surface area contributed by atoms with E-state index >= 15 is 0 Å². The van der Waals surface area contributed by atoms with Crippen LogP contribution in [0.15, 0.2) is 114 Å². The van der Waals surface area contributed by atoms with Gasteiger partial charge in [-0.1, -0.05) is 88.0 Å². The third-order valence-electron chi connectivity index (χ3n) is 7.99. The van der Waals surface area contributed by atoms with Crippen LogP contribution < -0.4 is 0 Å². The van der Waals surface area contributed by atoms with Crippen LogP contribution in [0.2, 0.25) is 0 Å². The van der Waals surface area contributed by atoms with E-state index in [1.165, 1.54) is 12.3 Å². The molecule has 245 valence electrons. The third kappa shape index (κ3) is 7.65. The van der Waals surface area contributed by atoms with E-state index in [9.17, 15) is 2.74 Å². The molecule has 0 aliphatic carbocycles. The zero-order valence-corrected chi connectivity index (χ0v) is 29.9. The van der Waals surface area contributed by atoms with Crippen molar-refractivity contribution in [2.75, 3.05) is 0 Å². The van der Waals surface area contributed by atoms with Gasteiger partial charge in [-0.05, 0) is 82.7 Å². The van der Waals surface area contributed by atoms with Crippen molar-refractivity contribution in [3.63, 3.8) is 0 Å². The Balaban J connectivity index is 0.000000391. The largest absolute Gasteiger partial charge is 0.486 e. The molecule has 0 bridgehead atoms. The van der Waals surface area contributed by atoms with Crippen molar-refractivity contribution in [2.45, 2.75) is 65.5 Å². The van der Waals surface area contributed by atoms with Crippen LogP contribution in [0.4, 0.5) is 0 Å². The maximum Gasteiger partial charge on any atom is 0.216 e. The van der Waals surface area contributed by atoms with E-state index in [1.54, 1.807) is 56.4 Å². The Morgan fingerprint density at radius 3 is 2.29 bits per heavy atom. The van der Waals surface area contributed by atoms with Gasteiger partial charge in [-0.25, -0.2) is 4.98 Å². The molecule has 0 spiro atoms. The van der Waals surface area contributed by atoms with E-state index in [0.717, 1.165) is 16.8 Å². The van der Waals surface area contributed by atoms with Crippen LogP contribution in [0.25, 0.3) is 44.6 Å². The molecule has 0 N–H and O–H groups in total. The third-order valence-corrected chi connectivity index (χ3v) is 7.99. The van der Waals surface area contributed by atoms with Crippen molar-refractivity contribution in [3.05, 3.63) is 150 Å². The molecule has 7 aromatic rings. The van der Waals surface area contributed by atoms with Crippen molar-refractivity contribution >= 4 is 22.1 Å². The molecule has 0 atom stereocenters. The van der Waals surface area contributed by atoms with Gasteiger partial charge >= 0.3 is 0 Å². The first kappa shape index (κ1) is 25.6. The summed E-state index contributed by atoms with van der Waals surface area (Å²) in [5.41, 5.74) is 3.53. The number of aromatic nitrogens is 3. The van der Waals surface area contributed by atoms with E-state index in [0.29, 0.717) is 33.2 Å². The quantitative estimate of drug-likeness (QED) is 0.162. The van der Waals surface area contributed by atoms with E-state index in [2.05, 4.69) is 47.9 Å². The minimum Gasteiger partial charge on any atom is -0.486 e. The number of hydrogen-bond donors (Lipinski definition) is 0. The second-order valence-corrected chi connectivity index (χ2v) is 12.9. The van der Waals surface area contributed by atoms with E-state index in [-0.39, 0.29) is 48.1 Å². The number of hydrogen-bond acceptors (Lipinski definition) is 4. The van der Waals surface area contributed by atoms with Crippen molar-refractivity contribution in [2.24, 2.45) is 0 Å². The smallest absolute Gasteiger partial charge is 0.216 e. The Hall–Kier alpha value is -4.44. The standard InChI is InChI=1S/C32H33N2O.C11H8N.Ir/c1-20-19-33-28(26-10-8-9-24-25-16-11-21(2)34-30(25)35-29(24)26)17-27(20)32(6,7)18-22-12-14-23(15-13-22)31(3,4)5;1-2-6-10(7-3-1)11-8-4-5-9-12-11;/h8-9,11-17,19H,18H2,1-7H3;1-6,8-9H;/q2*-1;/i1D3,2D3,18D2;;. The van der Waals surface area contributed by atoms with Crippen LogP contribution >= 0.6 is 0 Å². The Kier molecular flexibility index (Phi) is 7.64. The summed E-state index contributed by atoms with van der Waals surface area (Å²) in [5, 5.41) is 1.29. The molecule has 0 saturated carbocycles. The molecule has 4 aromatic heterocycles. The summed E-state index contributed by atoms with van der Waals surface area (Å²) in [4.78, 5) is 12.9. The van der Waals surface area contributed by atoms with Crippen LogP contribution in [0.3, 0.4) is 0 Å². The average Bonchev–Trinajstić information content (AvgIpc) is 3.53. The maximum absolute atomic E-state index is 9.27. The minimum absolute atomic E-state index is 0. The van der Waals surface area contributed by atoms with Crippen molar-refractivity contribution in [1.82, 2.24) is 15.0 Å². The summed E-state index contributed by atoms with van der Waals surface area (Å²) in [7, 11) is 0. The zero-order valence-electron chi connectivity index (χ0n) is 35.5. The van der Waals surface area contributed by atoms with E-state index in [4.69, 9.17) is 12.6 Å². The first-order chi connectivity index (χ1) is 25.7. The number of pyridine rings is 3. The summed E-state index contributed by atoms with van der Waals surface area (Å²) in [5.74, 6) is 0. The zero-order chi connectivity index (χ0) is 40.0. The number of nitrogens with zero attached hydrogens (tertiary/aromatic N) is 3. The number of furan rings is 1. The number of aryl methyl sites for hydroxylation is 2. The van der Waals surface area contributed by atoms with Gasteiger partial charge in [0.05, 0.1) is 5.58 Å². The van der Waals surface area contributed by atoms with Gasteiger partial charge in [0.15, 0.2) is 0 Å². The van der Waals surface area contributed by atoms with Gasteiger partial charge in [-0.3, -0.25) is 0 Å². The Morgan fingerprint density at radius 2 is 1.60 bits per heavy atom. The minimum atomic E-state index is -2.55. The molecule has 7 rings (SSSR count). The Morgan fingerprint density at radius 1 is 0.792 bits per heavy atom. The molecule has 0 aliphatic rings. The number of rotatable bonds is 5. The second kappa shape index (κ2) is 14.4. The predicted octanol–water partition coefficient (Wildman–Crippen LogP) is 10.8. The molecule has 48 heavy (non-hydrogen) atoms. The molecule has 0 saturated heterocycles. The molecule has 3 aromatic carbocycles. The van der Waals surface area contributed by atoms with Crippen molar-refractivity contribution in [1.29, 1.82) is 0 Å². The molecule has 5 heteroatoms. The summed E-state index contributed by atoms with van der Waals surface area (Å²) in [6.45, 7) is 4.71. The molecule has 0 fully saturated rings. The van der Waals surface area contributed by atoms with Gasteiger partial charge in [0.25, 0.3) is 0 Å². The topological polar surface area (TPSA) is 51.8 Å². The molecule has 0 aliphatic heterocycles. The fourth-order valence-electron chi connectivity index (χ4n) is 5.48. The van der Waals surface area contributed by atoms with Crippen LogP contribution in [-0.4, -0.2) is 15.0 Å². The van der Waals surface area contributed by atoms with Gasteiger partial charge in [-0.2, -0.15) is 0 Å². The van der Waals surface area contributed by atoms with Gasteiger partial charge in [0.2, 0.25) is 5.71 Å². The monoisotopic (exact) mass is 816 g/mol. The average molecular weight is 816 g/mol. The molecule has 4 nitrogen and oxygen atoms in total. The summed E-state index contributed by atoms with van der Waals surface area (Å²) < 4.78 is 72.4. The van der Waals surface area contributed by atoms with Gasteiger partial charge in [0.1, 0.15) is 0 Å². The summed E-state index contributed by atoms with van der Waals surface area (Å²) in [6.07, 6.45) is 1.10. The molecule has 4 heterocycles. The van der Waals surface area contributed by atoms with Gasteiger partial charge < -0.3 is 14.4 Å². The van der Waals surface area contributed by atoms with E-state index in [1.807, 2.05) is 54.6 Å². The number of fused-ring (bicyclic) bond motifs is 3. The van der Waals surface area contributed by atoms with E-state index < -0.39 is 25.5 Å². The molecular formula is C43H41IrN3O-2. The van der Waals surface area contributed by atoms with Crippen LogP contribution in [0, 0.1) is 25.8 Å². The fraction of sp³-hybridized carbons (Fsp3) is 0.233. The first-order valence-corrected chi connectivity index (χ1v) is 15.4. The van der Waals surface area contributed by atoms with Crippen molar-refractivity contribution in [3.8, 4) is 22.5 Å². The summed E-state index contributed by atoms with van der Waals surface area (Å²) >= 11 is 0. The van der Waals surface area contributed by atoms with Crippen LogP contribution in [0.1, 0.15) is 73.5 Å². The molecule has 0 amide bonds. The van der Waals surface area contributed by atoms with Crippen molar-refractivity contribution < 1.29 is 35.5 Å². The molecule has 1 radical (unpaired) electrons. The molecular weight excluding hydrogens is 767 g/mol. The Labute approximate surface area is 309 Å².